The summed E-state index contributed by atoms with van der Waals surface area (Å²) in [6, 6.07) is 15.8. The van der Waals surface area contributed by atoms with Crippen molar-refractivity contribution in [3.63, 3.8) is 0 Å². The number of carbonyl (C=O) groups excluding carboxylic acids is 1. The molecule has 6 heteroatoms. The number of nitrogens with zero attached hydrogens (tertiary/aromatic N) is 1. The summed E-state index contributed by atoms with van der Waals surface area (Å²) in [6.07, 6.45) is 1.77. The van der Waals surface area contributed by atoms with Crippen LogP contribution in [0.15, 0.2) is 54.6 Å². The number of rotatable bonds is 7. The number of carbonyl (C=O) groups is 1. The van der Waals surface area contributed by atoms with E-state index in [1.807, 2.05) is 35.2 Å². The number of urea groups is 1. The van der Waals surface area contributed by atoms with E-state index in [0.717, 1.165) is 18.4 Å². The van der Waals surface area contributed by atoms with Crippen molar-refractivity contribution in [1.82, 2.24) is 10.2 Å². The number of halogens is 1. The Morgan fingerprint density at radius 1 is 1.04 bits per heavy atom. The van der Waals surface area contributed by atoms with Gasteiger partial charge in [0.1, 0.15) is 18.2 Å². The fourth-order valence-corrected chi connectivity index (χ4v) is 3.02. The average Bonchev–Trinajstić information content (AvgIpc) is 2.72. The first kappa shape index (κ1) is 19.2. The van der Waals surface area contributed by atoms with Gasteiger partial charge in [0.25, 0.3) is 0 Å². The van der Waals surface area contributed by atoms with Crippen LogP contribution in [-0.2, 0) is 11.3 Å². The van der Waals surface area contributed by atoms with Crippen molar-refractivity contribution >= 4 is 6.03 Å². The smallest absolute Gasteiger partial charge is 0.317 e. The molecule has 0 atom stereocenters. The maximum absolute atomic E-state index is 12.8. The molecule has 1 N–H and O–H groups in total. The molecule has 0 aliphatic carbocycles. The minimum atomic E-state index is -0.279. The highest BCUT2D eigenvalue weighted by atomic mass is 19.1. The highest BCUT2D eigenvalue weighted by Gasteiger charge is 2.22. The van der Waals surface area contributed by atoms with Crippen LogP contribution in [0.2, 0.25) is 0 Å². The summed E-state index contributed by atoms with van der Waals surface area (Å²) in [6.45, 7) is 2.80. The van der Waals surface area contributed by atoms with E-state index in [-0.39, 0.29) is 18.0 Å². The maximum atomic E-state index is 12.8. The molecule has 0 bridgehead atoms. The van der Waals surface area contributed by atoms with E-state index < -0.39 is 0 Å². The van der Waals surface area contributed by atoms with Gasteiger partial charge in [0.15, 0.2) is 0 Å². The lowest BCUT2D eigenvalue weighted by Gasteiger charge is -2.32. The van der Waals surface area contributed by atoms with E-state index in [9.17, 15) is 9.18 Å². The zero-order valence-electron chi connectivity index (χ0n) is 15.3. The minimum Gasteiger partial charge on any atom is -0.491 e. The first-order chi connectivity index (χ1) is 13.2. The summed E-state index contributed by atoms with van der Waals surface area (Å²) >= 11 is 0. The number of ether oxygens (including phenoxy) is 2. The lowest BCUT2D eigenvalue weighted by Crippen LogP contribution is -2.45. The Labute approximate surface area is 159 Å². The van der Waals surface area contributed by atoms with Gasteiger partial charge in [0.2, 0.25) is 0 Å². The van der Waals surface area contributed by atoms with Crippen molar-refractivity contribution < 1.29 is 18.7 Å². The summed E-state index contributed by atoms with van der Waals surface area (Å²) in [4.78, 5) is 14.1. The van der Waals surface area contributed by atoms with Gasteiger partial charge in [-0.15, -0.1) is 0 Å². The summed E-state index contributed by atoms with van der Waals surface area (Å²) < 4.78 is 24.2. The predicted molar refractivity (Wildman–Crippen MR) is 101 cm³/mol. The lowest BCUT2D eigenvalue weighted by molar-refractivity contribution is 0.00186. The number of likely N-dealkylation sites (tertiary alicyclic amines) is 1. The van der Waals surface area contributed by atoms with Crippen LogP contribution >= 0.6 is 0 Å². The van der Waals surface area contributed by atoms with Crippen molar-refractivity contribution in [2.45, 2.75) is 25.5 Å². The molecule has 0 aromatic heterocycles. The molecule has 144 valence electrons. The molecular formula is C21H25FN2O3. The fraction of sp³-hybridized carbons (Fsp3) is 0.381. The van der Waals surface area contributed by atoms with Crippen molar-refractivity contribution in [2.24, 2.45) is 0 Å². The Morgan fingerprint density at radius 3 is 2.44 bits per heavy atom. The van der Waals surface area contributed by atoms with Crippen molar-refractivity contribution in [3.05, 3.63) is 66.0 Å². The molecule has 27 heavy (non-hydrogen) atoms. The molecule has 0 radical (unpaired) electrons. The van der Waals surface area contributed by atoms with E-state index >= 15 is 0 Å². The van der Waals surface area contributed by atoms with Crippen LogP contribution in [0, 0.1) is 5.82 Å². The van der Waals surface area contributed by atoms with Gasteiger partial charge in [-0.1, -0.05) is 30.3 Å². The van der Waals surface area contributed by atoms with Crippen LogP contribution in [0.4, 0.5) is 9.18 Å². The second-order valence-corrected chi connectivity index (χ2v) is 6.50. The van der Waals surface area contributed by atoms with Gasteiger partial charge in [-0.2, -0.15) is 0 Å². The monoisotopic (exact) mass is 372 g/mol. The van der Waals surface area contributed by atoms with Gasteiger partial charge in [-0.3, -0.25) is 0 Å². The molecule has 0 saturated carbocycles. The summed E-state index contributed by atoms with van der Waals surface area (Å²) in [5.74, 6) is 0.350. The van der Waals surface area contributed by atoms with Crippen LogP contribution in [0.25, 0.3) is 0 Å². The van der Waals surface area contributed by atoms with Crippen molar-refractivity contribution in [3.8, 4) is 5.75 Å². The first-order valence-corrected chi connectivity index (χ1v) is 9.27. The molecule has 1 aliphatic rings. The molecule has 1 aliphatic heterocycles. The Balaban J connectivity index is 1.29. The third-order valence-electron chi connectivity index (χ3n) is 4.54. The molecule has 2 amide bonds. The highest BCUT2D eigenvalue weighted by molar-refractivity contribution is 5.74. The van der Waals surface area contributed by atoms with Crippen LogP contribution in [0.3, 0.4) is 0 Å². The van der Waals surface area contributed by atoms with Gasteiger partial charge in [0, 0.05) is 19.6 Å². The average molecular weight is 372 g/mol. The zero-order valence-corrected chi connectivity index (χ0v) is 15.3. The van der Waals surface area contributed by atoms with E-state index in [4.69, 9.17) is 9.47 Å². The molecule has 2 aromatic rings. The largest absolute Gasteiger partial charge is 0.491 e. The fourth-order valence-electron chi connectivity index (χ4n) is 3.02. The predicted octanol–water partition coefficient (Wildman–Crippen LogP) is 3.60. The Kier molecular flexibility index (Phi) is 7.04. The van der Waals surface area contributed by atoms with Gasteiger partial charge in [-0.25, -0.2) is 9.18 Å². The zero-order chi connectivity index (χ0) is 18.9. The SMILES string of the molecule is O=C(NCc1ccccc1)N1CCC(OCCOc2ccc(F)cc2)CC1. The van der Waals surface area contributed by atoms with Crippen LogP contribution in [-0.4, -0.2) is 43.3 Å². The second kappa shape index (κ2) is 9.92. The first-order valence-electron chi connectivity index (χ1n) is 9.27. The molecule has 1 fully saturated rings. The number of benzene rings is 2. The molecule has 5 nitrogen and oxygen atoms in total. The van der Waals surface area contributed by atoms with Crippen molar-refractivity contribution in [2.75, 3.05) is 26.3 Å². The summed E-state index contributed by atoms with van der Waals surface area (Å²) in [5.41, 5.74) is 1.09. The number of hydrogen-bond donors (Lipinski definition) is 1. The summed E-state index contributed by atoms with van der Waals surface area (Å²) in [7, 11) is 0. The van der Waals surface area contributed by atoms with Gasteiger partial charge < -0.3 is 19.7 Å². The molecule has 2 aromatic carbocycles. The number of amides is 2. The Bertz CT molecular complexity index is 701. The van der Waals surface area contributed by atoms with Crippen LogP contribution in [0.1, 0.15) is 18.4 Å². The normalized spacial score (nSPS) is 14.8. The van der Waals surface area contributed by atoms with E-state index in [1.54, 1.807) is 12.1 Å². The van der Waals surface area contributed by atoms with Crippen molar-refractivity contribution in [1.29, 1.82) is 0 Å². The van der Waals surface area contributed by atoms with Gasteiger partial charge in [0.05, 0.1) is 12.7 Å². The van der Waals surface area contributed by atoms with E-state index in [0.29, 0.717) is 38.6 Å². The summed E-state index contributed by atoms with van der Waals surface area (Å²) in [5, 5.41) is 2.96. The maximum Gasteiger partial charge on any atom is 0.317 e. The molecule has 1 heterocycles. The third-order valence-corrected chi connectivity index (χ3v) is 4.54. The number of hydrogen-bond acceptors (Lipinski definition) is 3. The van der Waals surface area contributed by atoms with Crippen LogP contribution in [0.5, 0.6) is 5.75 Å². The van der Waals surface area contributed by atoms with Crippen LogP contribution < -0.4 is 10.1 Å². The van der Waals surface area contributed by atoms with Gasteiger partial charge in [-0.05, 0) is 42.7 Å². The quantitative estimate of drug-likeness (QED) is 0.756. The van der Waals surface area contributed by atoms with Gasteiger partial charge >= 0.3 is 6.03 Å². The third kappa shape index (κ3) is 6.25. The molecular weight excluding hydrogens is 347 g/mol. The standard InChI is InChI=1S/C21H25FN2O3/c22-18-6-8-19(9-7-18)26-14-15-27-20-10-12-24(13-11-20)21(25)23-16-17-4-2-1-3-5-17/h1-9,20H,10-16H2,(H,23,25). The molecule has 1 saturated heterocycles. The Hall–Kier alpha value is -2.60. The van der Waals surface area contributed by atoms with E-state index in [2.05, 4.69) is 5.32 Å². The molecule has 0 unspecified atom stereocenters. The number of piperidine rings is 1. The Morgan fingerprint density at radius 2 is 1.74 bits per heavy atom. The lowest BCUT2D eigenvalue weighted by atomic mass is 10.1. The van der Waals surface area contributed by atoms with E-state index in [1.165, 1.54) is 12.1 Å². The highest BCUT2D eigenvalue weighted by Crippen LogP contribution is 2.15. The number of nitrogens with one attached hydrogen (secondary N) is 1. The minimum absolute atomic E-state index is 0.0306. The molecule has 3 rings (SSSR count). The second-order valence-electron chi connectivity index (χ2n) is 6.50. The molecule has 0 spiro atoms. The topological polar surface area (TPSA) is 50.8 Å².